The summed E-state index contributed by atoms with van der Waals surface area (Å²) in [5.41, 5.74) is -1.35. The molecule has 1 N–H and O–H groups in total. The van der Waals surface area contributed by atoms with Gasteiger partial charge < -0.3 is 10.0 Å². The normalized spacial score (nSPS) is 27.5. The van der Waals surface area contributed by atoms with Gasteiger partial charge in [-0.3, -0.25) is 0 Å². The SMILES string of the molecule is [2H]C1c2cc(OC)c(C(F)(F)F)cc2N([2H])C1([2H])[2H]. The summed E-state index contributed by atoms with van der Waals surface area (Å²) < 4.78 is 73.3. The van der Waals surface area contributed by atoms with Gasteiger partial charge in [0, 0.05) is 16.3 Å². The number of hydrogen-bond acceptors (Lipinski definition) is 2. The Hall–Kier alpha value is -1.39. The van der Waals surface area contributed by atoms with Crippen molar-refractivity contribution in [2.45, 2.75) is 12.6 Å². The van der Waals surface area contributed by atoms with Crippen molar-refractivity contribution in [2.75, 3.05) is 18.9 Å². The molecule has 0 spiro atoms. The maximum Gasteiger partial charge on any atom is 0.420 e. The van der Waals surface area contributed by atoms with E-state index in [0.29, 0.717) is 11.4 Å². The molecular formula is C10H10F3NO. The summed E-state index contributed by atoms with van der Waals surface area (Å²) in [4.78, 5) is 0. The predicted molar refractivity (Wildman–Crippen MR) is 50.2 cm³/mol. The summed E-state index contributed by atoms with van der Waals surface area (Å²) in [6.45, 7) is -2.38. The van der Waals surface area contributed by atoms with Gasteiger partial charge in [-0.2, -0.15) is 13.2 Å². The zero-order valence-electron chi connectivity index (χ0n) is 11.7. The molecule has 1 aromatic carbocycles. The first kappa shape index (κ1) is 6.25. The molecule has 0 saturated carbocycles. The maximum absolute atomic E-state index is 12.8. The Kier molecular flexibility index (Phi) is 1.39. The van der Waals surface area contributed by atoms with E-state index in [-0.39, 0.29) is 11.3 Å². The van der Waals surface area contributed by atoms with Crippen molar-refractivity contribution in [1.82, 2.24) is 0 Å². The lowest BCUT2D eigenvalue weighted by atomic mass is 10.1. The van der Waals surface area contributed by atoms with Gasteiger partial charge in [-0.25, -0.2) is 0 Å². The minimum atomic E-state index is -4.67. The van der Waals surface area contributed by atoms with Gasteiger partial charge >= 0.3 is 6.18 Å². The molecule has 1 atom stereocenters. The molecule has 0 bridgehead atoms. The highest BCUT2D eigenvalue weighted by Crippen LogP contribution is 2.40. The average molecular weight is 221 g/mol. The second-order valence-corrected chi connectivity index (χ2v) is 2.99. The molecule has 1 aliphatic rings. The van der Waals surface area contributed by atoms with Crippen LogP contribution < -0.4 is 10.0 Å². The van der Waals surface area contributed by atoms with Gasteiger partial charge in [0.05, 0.1) is 12.7 Å². The molecule has 0 radical (unpaired) electrons. The van der Waals surface area contributed by atoms with Crippen LogP contribution in [0.5, 0.6) is 5.75 Å². The third-order valence-corrected chi connectivity index (χ3v) is 2.06. The van der Waals surface area contributed by atoms with E-state index < -0.39 is 30.4 Å². The monoisotopic (exact) mass is 221 g/mol. The Labute approximate surface area is 90.7 Å². The van der Waals surface area contributed by atoms with Crippen molar-refractivity contribution >= 4 is 5.69 Å². The third kappa shape index (κ3) is 1.73. The van der Waals surface area contributed by atoms with Gasteiger partial charge in [0.25, 0.3) is 0 Å². The van der Waals surface area contributed by atoms with Gasteiger partial charge in [0.2, 0.25) is 0 Å². The Balaban J connectivity index is 2.66. The number of anilines is 1. The molecule has 0 aliphatic carbocycles. The van der Waals surface area contributed by atoms with Crippen LogP contribution in [0, 0.1) is 0 Å². The van der Waals surface area contributed by atoms with Crippen molar-refractivity contribution in [3.05, 3.63) is 23.3 Å². The second kappa shape index (κ2) is 3.32. The summed E-state index contributed by atoms with van der Waals surface area (Å²) in [6.07, 6.45) is -6.13. The molecule has 0 saturated heterocycles. The smallest absolute Gasteiger partial charge is 0.420 e. The minimum absolute atomic E-state index is 0.00449. The van der Waals surface area contributed by atoms with E-state index in [2.05, 4.69) is 4.74 Å². The van der Waals surface area contributed by atoms with Crippen LogP contribution in [-0.2, 0) is 12.6 Å². The van der Waals surface area contributed by atoms with Gasteiger partial charge in [0.1, 0.15) is 5.75 Å². The molecule has 2 nitrogen and oxygen atoms in total. The number of hydrogen-bond donors (Lipinski definition) is 1. The van der Waals surface area contributed by atoms with Crippen molar-refractivity contribution in [1.29, 1.82) is 0 Å². The molecule has 1 aliphatic heterocycles. The van der Waals surface area contributed by atoms with Crippen molar-refractivity contribution in [3.8, 4) is 5.75 Å². The molecule has 1 unspecified atom stereocenters. The number of rotatable bonds is 1. The molecular weight excluding hydrogens is 207 g/mol. The van der Waals surface area contributed by atoms with Crippen LogP contribution in [0.3, 0.4) is 0 Å². The lowest BCUT2D eigenvalue weighted by Crippen LogP contribution is -2.08. The highest BCUT2D eigenvalue weighted by molar-refractivity contribution is 5.61. The van der Waals surface area contributed by atoms with E-state index in [1.807, 2.05) is 0 Å². The number of alkyl halides is 3. The van der Waals surface area contributed by atoms with Crippen LogP contribution >= 0.6 is 0 Å². The minimum Gasteiger partial charge on any atom is -0.496 e. The molecule has 0 fully saturated rings. The second-order valence-electron chi connectivity index (χ2n) is 2.99. The van der Waals surface area contributed by atoms with Gasteiger partial charge in [-0.1, -0.05) is 0 Å². The fourth-order valence-corrected chi connectivity index (χ4v) is 1.36. The summed E-state index contributed by atoms with van der Waals surface area (Å²) in [5.74, 6) is -0.477. The zero-order valence-corrected chi connectivity index (χ0v) is 7.72. The molecule has 2 rings (SSSR count). The first-order valence-corrected chi connectivity index (χ1v) is 4.11. The van der Waals surface area contributed by atoms with E-state index in [1.165, 1.54) is 0 Å². The highest BCUT2D eigenvalue weighted by atomic mass is 19.4. The third-order valence-electron chi connectivity index (χ3n) is 2.06. The standard InChI is InChI=1S/C10H10F3NO/c1-15-9-4-6-2-3-14-8(6)5-7(9)10(11,12)13/h4-5,14H,2-3H2,1H3/i2D,3D2/hD. The lowest BCUT2D eigenvalue weighted by molar-refractivity contribution is -0.138. The van der Waals surface area contributed by atoms with E-state index in [1.54, 1.807) is 0 Å². The van der Waals surface area contributed by atoms with E-state index in [0.717, 1.165) is 13.2 Å². The average Bonchev–Trinajstić information content (AvgIpc) is 2.48. The zero-order chi connectivity index (χ0) is 14.6. The van der Waals surface area contributed by atoms with Crippen molar-refractivity contribution in [3.63, 3.8) is 0 Å². The van der Waals surface area contributed by atoms with Crippen molar-refractivity contribution < 1.29 is 23.4 Å². The Morgan fingerprint density at radius 3 is 2.87 bits per heavy atom. The highest BCUT2D eigenvalue weighted by Gasteiger charge is 2.35. The van der Waals surface area contributed by atoms with Gasteiger partial charge in [0.15, 0.2) is 1.41 Å². The largest absolute Gasteiger partial charge is 0.496 e. The van der Waals surface area contributed by atoms with E-state index in [9.17, 15) is 13.2 Å². The summed E-state index contributed by atoms with van der Waals surface area (Å²) >= 11 is 0. The van der Waals surface area contributed by atoms with Crippen molar-refractivity contribution in [2.24, 2.45) is 0 Å². The topological polar surface area (TPSA) is 21.3 Å². The number of fused-ring (bicyclic) bond motifs is 1. The number of halogens is 3. The number of aryl methyl sites for hydroxylation is 1. The fourth-order valence-electron chi connectivity index (χ4n) is 1.36. The summed E-state index contributed by atoms with van der Waals surface area (Å²) in [5, 5.41) is 0.300. The number of methoxy groups -OCH3 is 1. The molecule has 1 heterocycles. The Morgan fingerprint density at radius 1 is 1.53 bits per heavy atom. The van der Waals surface area contributed by atoms with Gasteiger partial charge in [-0.15, -0.1) is 0 Å². The van der Waals surface area contributed by atoms with Crippen LogP contribution in [0.25, 0.3) is 0 Å². The first-order valence-electron chi connectivity index (χ1n) is 6.13. The number of ether oxygens (including phenoxy) is 1. The number of benzene rings is 1. The number of nitrogens with one attached hydrogen (secondary N) is 1. The summed E-state index contributed by atoms with van der Waals surface area (Å²) in [7, 11) is 1.07. The summed E-state index contributed by atoms with van der Waals surface area (Å²) in [6, 6.07) is 1.62. The quantitative estimate of drug-likeness (QED) is 0.787. The Bertz CT molecular complexity index is 520. The van der Waals surface area contributed by atoms with Crippen LogP contribution in [0.4, 0.5) is 18.9 Å². The van der Waals surface area contributed by atoms with Crippen LogP contribution in [0.1, 0.15) is 15.2 Å². The molecule has 5 heteroatoms. The van der Waals surface area contributed by atoms with E-state index >= 15 is 0 Å². The van der Waals surface area contributed by atoms with E-state index in [4.69, 9.17) is 5.52 Å². The van der Waals surface area contributed by atoms with Crippen LogP contribution in [0.15, 0.2) is 12.1 Å². The Morgan fingerprint density at radius 2 is 2.27 bits per heavy atom. The van der Waals surface area contributed by atoms with Gasteiger partial charge in [-0.05, 0) is 24.1 Å². The first-order chi connectivity index (χ1) is 8.60. The fraction of sp³-hybridized carbons (Fsp3) is 0.400. The molecule has 82 valence electrons. The van der Waals surface area contributed by atoms with Crippen LogP contribution in [-0.4, -0.2) is 13.6 Å². The molecule has 15 heavy (non-hydrogen) atoms. The molecule has 0 aromatic heterocycles. The lowest BCUT2D eigenvalue weighted by Gasteiger charge is -2.13. The van der Waals surface area contributed by atoms with Crippen LogP contribution in [0.2, 0.25) is 1.41 Å². The molecule has 0 amide bonds. The predicted octanol–water partition coefficient (Wildman–Crippen LogP) is 2.68. The molecule has 1 aromatic rings. The maximum atomic E-state index is 12.8.